The van der Waals surface area contributed by atoms with E-state index in [4.69, 9.17) is 5.26 Å². The van der Waals surface area contributed by atoms with Crippen molar-refractivity contribution in [2.24, 2.45) is 5.92 Å². The van der Waals surface area contributed by atoms with Crippen LogP contribution < -0.4 is 10.6 Å². The molecule has 0 aromatic heterocycles. The fourth-order valence-electron chi connectivity index (χ4n) is 2.79. The van der Waals surface area contributed by atoms with Crippen molar-refractivity contribution >= 4 is 29.3 Å². The molecule has 3 rings (SSSR count). The van der Waals surface area contributed by atoms with Crippen LogP contribution in [0.25, 0.3) is 0 Å². The maximum atomic E-state index is 12.6. The van der Waals surface area contributed by atoms with Crippen molar-refractivity contribution in [1.82, 2.24) is 5.32 Å². The van der Waals surface area contributed by atoms with Gasteiger partial charge in [0.15, 0.2) is 0 Å². The third-order valence-corrected chi connectivity index (χ3v) is 5.53. The van der Waals surface area contributed by atoms with Gasteiger partial charge in [-0.25, -0.2) is 0 Å². The first kappa shape index (κ1) is 19.0. The summed E-state index contributed by atoms with van der Waals surface area (Å²) < 4.78 is 0. The second-order valence-electron chi connectivity index (χ2n) is 6.63. The standard InChI is InChI=1S/C21H21N3O2S/c1-14(16-9-10-16)23-21(26)18-7-2-3-8-19(18)27-13-20(25)24-17-6-4-5-15(11-17)12-22/h2-8,11,14,16H,9-10,13H2,1H3,(H,23,26)(H,24,25)/t14-/m0/s1. The maximum absolute atomic E-state index is 12.6. The molecule has 1 aliphatic carbocycles. The molecule has 0 bridgehead atoms. The van der Waals surface area contributed by atoms with Gasteiger partial charge in [-0.1, -0.05) is 18.2 Å². The molecule has 1 aliphatic rings. The minimum absolute atomic E-state index is 0.0976. The molecular formula is C21H21N3O2S. The largest absolute Gasteiger partial charge is 0.349 e. The fourth-order valence-corrected chi connectivity index (χ4v) is 3.64. The van der Waals surface area contributed by atoms with E-state index in [2.05, 4.69) is 10.6 Å². The molecule has 0 unspecified atom stereocenters. The van der Waals surface area contributed by atoms with Crippen LogP contribution in [0.5, 0.6) is 0 Å². The number of anilines is 1. The molecule has 0 aliphatic heterocycles. The number of hydrogen-bond donors (Lipinski definition) is 2. The molecule has 1 saturated carbocycles. The van der Waals surface area contributed by atoms with E-state index in [0.717, 1.165) is 4.90 Å². The molecule has 2 aromatic carbocycles. The quantitative estimate of drug-likeness (QED) is 0.717. The van der Waals surface area contributed by atoms with Crippen LogP contribution in [0.3, 0.4) is 0 Å². The van der Waals surface area contributed by atoms with E-state index in [1.807, 2.05) is 31.2 Å². The Morgan fingerprint density at radius 2 is 2.00 bits per heavy atom. The van der Waals surface area contributed by atoms with E-state index in [0.29, 0.717) is 22.7 Å². The van der Waals surface area contributed by atoms with E-state index in [-0.39, 0.29) is 23.6 Å². The molecule has 1 fully saturated rings. The number of rotatable bonds is 7. The Morgan fingerprint density at radius 3 is 2.74 bits per heavy atom. The predicted molar refractivity (Wildman–Crippen MR) is 107 cm³/mol. The Labute approximate surface area is 163 Å². The highest BCUT2D eigenvalue weighted by molar-refractivity contribution is 8.00. The molecule has 2 N–H and O–H groups in total. The van der Waals surface area contributed by atoms with E-state index in [1.54, 1.807) is 30.3 Å². The fraction of sp³-hybridized carbons (Fsp3) is 0.286. The molecule has 6 heteroatoms. The maximum Gasteiger partial charge on any atom is 0.252 e. The normalized spacial score (nSPS) is 14.1. The number of carbonyl (C=O) groups is 2. The molecule has 2 aromatic rings. The molecule has 0 radical (unpaired) electrons. The number of benzene rings is 2. The van der Waals surface area contributed by atoms with Gasteiger partial charge < -0.3 is 10.6 Å². The number of thioether (sulfide) groups is 1. The van der Waals surface area contributed by atoms with Gasteiger partial charge in [-0.2, -0.15) is 5.26 Å². The minimum Gasteiger partial charge on any atom is -0.349 e. The van der Waals surface area contributed by atoms with Gasteiger partial charge in [-0.05, 0) is 56.0 Å². The second kappa shape index (κ2) is 8.74. The summed E-state index contributed by atoms with van der Waals surface area (Å²) in [7, 11) is 0. The van der Waals surface area contributed by atoms with Crippen LogP contribution in [0.1, 0.15) is 35.7 Å². The number of hydrogen-bond acceptors (Lipinski definition) is 4. The summed E-state index contributed by atoms with van der Waals surface area (Å²) in [5.41, 5.74) is 1.67. The van der Waals surface area contributed by atoms with Gasteiger partial charge in [0, 0.05) is 16.6 Å². The number of nitriles is 1. The van der Waals surface area contributed by atoms with Crippen molar-refractivity contribution in [3.63, 3.8) is 0 Å². The molecule has 2 amide bonds. The van der Waals surface area contributed by atoms with Crippen molar-refractivity contribution in [3.8, 4) is 6.07 Å². The van der Waals surface area contributed by atoms with Crippen LogP contribution in [-0.4, -0.2) is 23.6 Å². The van der Waals surface area contributed by atoms with Crippen molar-refractivity contribution < 1.29 is 9.59 Å². The van der Waals surface area contributed by atoms with Crippen molar-refractivity contribution in [2.75, 3.05) is 11.1 Å². The van der Waals surface area contributed by atoms with Crippen LogP contribution in [0.2, 0.25) is 0 Å². The lowest BCUT2D eigenvalue weighted by Crippen LogP contribution is -2.34. The Morgan fingerprint density at radius 1 is 1.22 bits per heavy atom. The second-order valence-corrected chi connectivity index (χ2v) is 7.64. The SMILES string of the molecule is C[C@H](NC(=O)c1ccccc1SCC(=O)Nc1cccc(C#N)c1)C1CC1. The summed E-state index contributed by atoms with van der Waals surface area (Å²) >= 11 is 1.33. The minimum atomic E-state index is -0.184. The van der Waals surface area contributed by atoms with Gasteiger partial charge in [0.1, 0.15) is 0 Å². The van der Waals surface area contributed by atoms with Gasteiger partial charge in [0.05, 0.1) is 22.9 Å². The number of nitrogens with zero attached hydrogens (tertiary/aromatic N) is 1. The summed E-state index contributed by atoms with van der Waals surface area (Å²) in [5, 5.41) is 14.8. The van der Waals surface area contributed by atoms with Gasteiger partial charge in [0.2, 0.25) is 5.91 Å². The summed E-state index contributed by atoms with van der Waals surface area (Å²) in [5.74, 6) is 0.485. The van der Waals surface area contributed by atoms with E-state index in [1.165, 1.54) is 24.6 Å². The van der Waals surface area contributed by atoms with Gasteiger partial charge >= 0.3 is 0 Å². The number of amides is 2. The molecule has 138 valence electrons. The third-order valence-electron chi connectivity index (χ3n) is 4.45. The molecular weight excluding hydrogens is 358 g/mol. The van der Waals surface area contributed by atoms with Crippen LogP contribution in [0, 0.1) is 17.2 Å². The summed E-state index contributed by atoms with van der Waals surface area (Å²) in [6, 6.07) is 16.3. The summed E-state index contributed by atoms with van der Waals surface area (Å²) in [6.45, 7) is 2.04. The van der Waals surface area contributed by atoms with Crippen LogP contribution >= 0.6 is 11.8 Å². The van der Waals surface area contributed by atoms with E-state index < -0.39 is 0 Å². The van der Waals surface area contributed by atoms with Gasteiger partial charge in [-0.15, -0.1) is 11.8 Å². The molecule has 5 nitrogen and oxygen atoms in total. The lowest BCUT2D eigenvalue weighted by molar-refractivity contribution is -0.113. The van der Waals surface area contributed by atoms with Gasteiger partial charge in [0.25, 0.3) is 5.91 Å². The smallest absolute Gasteiger partial charge is 0.252 e. The average Bonchev–Trinajstić information content (AvgIpc) is 3.52. The zero-order valence-corrected chi connectivity index (χ0v) is 15.9. The zero-order chi connectivity index (χ0) is 19.2. The summed E-state index contributed by atoms with van der Waals surface area (Å²) in [4.78, 5) is 25.6. The Kier molecular flexibility index (Phi) is 6.15. The lowest BCUT2D eigenvalue weighted by atomic mass is 10.1. The van der Waals surface area contributed by atoms with Crippen molar-refractivity contribution in [3.05, 3.63) is 59.7 Å². The third kappa shape index (κ3) is 5.35. The molecule has 27 heavy (non-hydrogen) atoms. The first-order chi connectivity index (χ1) is 13.1. The van der Waals surface area contributed by atoms with Crippen molar-refractivity contribution in [2.45, 2.75) is 30.7 Å². The molecule has 0 heterocycles. The van der Waals surface area contributed by atoms with Gasteiger partial charge in [-0.3, -0.25) is 9.59 Å². The topological polar surface area (TPSA) is 82.0 Å². The molecule has 1 atom stereocenters. The van der Waals surface area contributed by atoms with Crippen LogP contribution in [-0.2, 0) is 4.79 Å². The zero-order valence-electron chi connectivity index (χ0n) is 15.1. The first-order valence-electron chi connectivity index (χ1n) is 8.89. The highest BCUT2D eigenvalue weighted by Gasteiger charge is 2.29. The molecule has 0 spiro atoms. The Hall–Kier alpha value is -2.78. The number of carbonyl (C=O) groups excluding carboxylic acids is 2. The van der Waals surface area contributed by atoms with Crippen LogP contribution in [0.15, 0.2) is 53.4 Å². The predicted octanol–water partition coefficient (Wildman–Crippen LogP) is 3.82. The first-order valence-corrected chi connectivity index (χ1v) is 9.88. The van der Waals surface area contributed by atoms with E-state index >= 15 is 0 Å². The molecule has 0 saturated heterocycles. The highest BCUT2D eigenvalue weighted by Crippen LogP contribution is 2.32. The Balaban J connectivity index is 1.59. The monoisotopic (exact) mass is 379 g/mol. The van der Waals surface area contributed by atoms with Crippen LogP contribution in [0.4, 0.5) is 5.69 Å². The average molecular weight is 379 g/mol. The lowest BCUT2D eigenvalue weighted by Gasteiger charge is -2.15. The van der Waals surface area contributed by atoms with E-state index in [9.17, 15) is 9.59 Å². The Bertz CT molecular complexity index is 887. The van der Waals surface area contributed by atoms with Crippen molar-refractivity contribution in [1.29, 1.82) is 5.26 Å². The highest BCUT2D eigenvalue weighted by atomic mass is 32.2. The summed E-state index contributed by atoms with van der Waals surface area (Å²) in [6.07, 6.45) is 2.34. The number of nitrogens with one attached hydrogen (secondary N) is 2.